The summed E-state index contributed by atoms with van der Waals surface area (Å²) in [6, 6.07) is 17.3. The van der Waals surface area contributed by atoms with Crippen LogP contribution in [0.3, 0.4) is 0 Å². The van der Waals surface area contributed by atoms with Gasteiger partial charge in [0.25, 0.3) is 5.56 Å². The van der Waals surface area contributed by atoms with Gasteiger partial charge in [0, 0.05) is 55.8 Å². The summed E-state index contributed by atoms with van der Waals surface area (Å²) in [5.41, 5.74) is 5.81. The molecule has 0 atom stereocenters. The number of nitrogens with one attached hydrogen (secondary N) is 1. The molecule has 32 heavy (non-hydrogen) atoms. The van der Waals surface area contributed by atoms with Gasteiger partial charge in [0.15, 0.2) is 0 Å². The van der Waals surface area contributed by atoms with Crippen molar-refractivity contribution < 1.29 is 0 Å². The maximum Gasteiger partial charge on any atom is 0.255 e. The van der Waals surface area contributed by atoms with Crippen molar-refractivity contribution in [1.82, 2.24) is 24.8 Å². The number of nitrogens with zero attached hydrogens (tertiary/aromatic N) is 5. The van der Waals surface area contributed by atoms with Gasteiger partial charge in [-0.15, -0.1) is 0 Å². The molecular formula is C25H20N6O. The molecule has 5 rings (SSSR count). The third-order valence-electron chi connectivity index (χ3n) is 5.62. The summed E-state index contributed by atoms with van der Waals surface area (Å²) in [6.45, 7) is 2.09. The van der Waals surface area contributed by atoms with Gasteiger partial charge in [0.1, 0.15) is 5.82 Å². The summed E-state index contributed by atoms with van der Waals surface area (Å²) >= 11 is 0. The minimum absolute atomic E-state index is 0.0858. The fourth-order valence-electron chi connectivity index (χ4n) is 3.96. The molecule has 0 saturated heterocycles. The van der Waals surface area contributed by atoms with E-state index in [0.29, 0.717) is 24.5 Å². The molecule has 0 radical (unpaired) electrons. The average molecular weight is 420 g/mol. The number of nitriles is 1. The number of pyridine rings is 2. The van der Waals surface area contributed by atoms with Crippen LogP contribution in [0.15, 0.2) is 71.9 Å². The van der Waals surface area contributed by atoms with Crippen molar-refractivity contribution in [2.75, 3.05) is 6.54 Å². The van der Waals surface area contributed by atoms with E-state index in [1.54, 1.807) is 18.5 Å². The number of hydrogen-bond acceptors (Lipinski definition) is 6. The van der Waals surface area contributed by atoms with Gasteiger partial charge in [-0.05, 0) is 35.9 Å². The number of rotatable bonds is 4. The van der Waals surface area contributed by atoms with E-state index in [2.05, 4.69) is 25.9 Å². The Labute approximate surface area is 185 Å². The number of aromatic nitrogens is 4. The van der Waals surface area contributed by atoms with Crippen molar-refractivity contribution >= 4 is 0 Å². The van der Waals surface area contributed by atoms with Gasteiger partial charge in [-0.2, -0.15) is 5.26 Å². The molecule has 4 aromatic rings. The van der Waals surface area contributed by atoms with Gasteiger partial charge < -0.3 is 4.98 Å². The monoisotopic (exact) mass is 420 g/mol. The molecule has 1 N–H and O–H groups in total. The lowest BCUT2D eigenvalue weighted by molar-refractivity contribution is 0.241. The van der Waals surface area contributed by atoms with Crippen LogP contribution in [-0.2, 0) is 19.5 Å². The molecule has 1 aliphatic rings. The normalized spacial score (nSPS) is 13.3. The van der Waals surface area contributed by atoms with Crippen molar-refractivity contribution in [3.8, 4) is 28.7 Å². The molecule has 3 aromatic heterocycles. The van der Waals surface area contributed by atoms with Gasteiger partial charge in [0.05, 0.1) is 28.6 Å². The standard InChI is InChI=1S/C25H20N6O/c26-13-17-2-1-3-20(12-17)22-5-4-18(14-28-22)15-31-11-8-23-21(16-31)25(32)30-24(29-23)19-6-9-27-10-7-19/h1-7,9-10,12,14H,8,11,15-16H2,(H,29,30,32). The second kappa shape index (κ2) is 8.53. The fraction of sp³-hybridized carbons (Fsp3) is 0.160. The Hall–Kier alpha value is -4.15. The first kappa shape index (κ1) is 19.8. The maximum absolute atomic E-state index is 12.7. The topological polar surface area (TPSA) is 98.6 Å². The highest BCUT2D eigenvalue weighted by Crippen LogP contribution is 2.21. The maximum atomic E-state index is 12.7. The van der Waals surface area contributed by atoms with E-state index in [1.165, 1.54) is 0 Å². The lowest BCUT2D eigenvalue weighted by Gasteiger charge is -2.27. The summed E-state index contributed by atoms with van der Waals surface area (Å²) in [5.74, 6) is 0.588. The summed E-state index contributed by atoms with van der Waals surface area (Å²) < 4.78 is 0. The van der Waals surface area contributed by atoms with Gasteiger partial charge in [-0.1, -0.05) is 18.2 Å². The van der Waals surface area contributed by atoms with Crippen molar-refractivity contribution in [2.45, 2.75) is 19.5 Å². The molecule has 0 saturated carbocycles. The third-order valence-corrected chi connectivity index (χ3v) is 5.62. The first-order valence-electron chi connectivity index (χ1n) is 10.4. The molecule has 0 fully saturated rings. The Balaban J connectivity index is 1.31. The number of aromatic amines is 1. The average Bonchev–Trinajstić information content (AvgIpc) is 2.85. The predicted molar refractivity (Wildman–Crippen MR) is 120 cm³/mol. The van der Waals surface area contributed by atoms with Crippen LogP contribution >= 0.6 is 0 Å². The Bertz CT molecular complexity index is 1360. The Morgan fingerprint density at radius 1 is 1.09 bits per heavy atom. The first-order chi connectivity index (χ1) is 15.7. The Morgan fingerprint density at radius 2 is 1.97 bits per heavy atom. The lowest BCUT2D eigenvalue weighted by atomic mass is 10.1. The minimum Gasteiger partial charge on any atom is -0.306 e. The predicted octanol–water partition coefficient (Wildman–Crippen LogP) is 3.32. The van der Waals surface area contributed by atoms with Gasteiger partial charge in [0.2, 0.25) is 0 Å². The van der Waals surface area contributed by atoms with E-state index in [-0.39, 0.29) is 5.56 Å². The zero-order chi connectivity index (χ0) is 21.9. The summed E-state index contributed by atoms with van der Waals surface area (Å²) in [6.07, 6.45) is 5.97. The Kier molecular flexibility index (Phi) is 5.28. The largest absolute Gasteiger partial charge is 0.306 e. The number of H-pyrrole nitrogens is 1. The van der Waals surface area contributed by atoms with Crippen LogP contribution in [0.25, 0.3) is 22.6 Å². The van der Waals surface area contributed by atoms with Gasteiger partial charge in [-0.25, -0.2) is 4.98 Å². The van der Waals surface area contributed by atoms with Crippen LogP contribution < -0.4 is 5.56 Å². The zero-order valence-corrected chi connectivity index (χ0v) is 17.3. The zero-order valence-electron chi connectivity index (χ0n) is 17.3. The van der Waals surface area contributed by atoms with Gasteiger partial charge in [-0.3, -0.25) is 19.7 Å². The van der Waals surface area contributed by atoms with E-state index in [0.717, 1.165) is 46.6 Å². The van der Waals surface area contributed by atoms with E-state index >= 15 is 0 Å². The van der Waals surface area contributed by atoms with E-state index in [1.807, 2.05) is 48.7 Å². The first-order valence-corrected chi connectivity index (χ1v) is 10.4. The molecule has 0 unspecified atom stereocenters. The molecule has 0 spiro atoms. The number of hydrogen-bond donors (Lipinski definition) is 1. The van der Waals surface area contributed by atoms with Crippen LogP contribution in [0.1, 0.15) is 22.4 Å². The second-order valence-corrected chi connectivity index (χ2v) is 7.78. The van der Waals surface area contributed by atoms with Crippen LogP contribution in [-0.4, -0.2) is 31.4 Å². The smallest absolute Gasteiger partial charge is 0.255 e. The molecule has 0 bridgehead atoms. The van der Waals surface area contributed by atoms with E-state index < -0.39 is 0 Å². The highest BCUT2D eigenvalue weighted by atomic mass is 16.1. The van der Waals surface area contributed by atoms with Crippen molar-refractivity contribution in [3.05, 3.63) is 99.9 Å². The van der Waals surface area contributed by atoms with Crippen LogP contribution in [0, 0.1) is 11.3 Å². The molecule has 0 aliphatic carbocycles. The summed E-state index contributed by atoms with van der Waals surface area (Å²) in [7, 11) is 0. The van der Waals surface area contributed by atoms with E-state index in [4.69, 9.17) is 10.2 Å². The van der Waals surface area contributed by atoms with Crippen LogP contribution in [0.2, 0.25) is 0 Å². The van der Waals surface area contributed by atoms with Crippen molar-refractivity contribution in [1.29, 1.82) is 5.26 Å². The molecule has 7 nitrogen and oxygen atoms in total. The highest BCUT2D eigenvalue weighted by molar-refractivity contribution is 5.61. The van der Waals surface area contributed by atoms with Crippen molar-refractivity contribution in [2.24, 2.45) is 0 Å². The van der Waals surface area contributed by atoms with Crippen LogP contribution in [0.4, 0.5) is 0 Å². The molecule has 0 amide bonds. The molecule has 1 aromatic carbocycles. The number of benzene rings is 1. The molecular weight excluding hydrogens is 400 g/mol. The summed E-state index contributed by atoms with van der Waals surface area (Å²) in [4.78, 5) is 31.2. The minimum atomic E-state index is -0.0858. The fourth-order valence-corrected chi connectivity index (χ4v) is 3.96. The molecule has 7 heteroatoms. The SMILES string of the molecule is N#Cc1cccc(-c2ccc(CN3CCc4nc(-c5ccncc5)[nH]c(=O)c4C3)cn2)c1. The summed E-state index contributed by atoms with van der Waals surface area (Å²) in [5, 5.41) is 9.09. The number of fused-ring (bicyclic) bond motifs is 1. The van der Waals surface area contributed by atoms with E-state index in [9.17, 15) is 4.79 Å². The molecule has 156 valence electrons. The molecule has 4 heterocycles. The lowest BCUT2D eigenvalue weighted by Crippen LogP contribution is -2.35. The second-order valence-electron chi connectivity index (χ2n) is 7.78. The quantitative estimate of drug-likeness (QED) is 0.544. The third kappa shape index (κ3) is 4.04. The van der Waals surface area contributed by atoms with Crippen LogP contribution in [0.5, 0.6) is 0 Å². The highest BCUT2D eigenvalue weighted by Gasteiger charge is 2.21. The van der Waals surface area contributed by atoms with Crippen molar-refractivity contribution in [3.63, 3.8) is 0 Å². The van der Waals surface area contributed by atoms with Gasteiger partial charge >= 0.3 is 0 Å². The molecule has 1 aliphatic heterocycles. The Morgan fingerprint density at radius 3 is 2.75 bits per heavy atom.